The SMILES string of the molecule is COCOC(C#N)(c1ccccc1)c1ccc(NC(=O)C2CC(c3cccnc3)=NO2)cc1. The van der Waals surface area contributed by atoms with Crippen molar-refractivity contribution < 1.29 is 19.1 Å². The summed E-state index contributed by atoms with van der Waals surface area (Å²) in [7, 11) is 1.50. The van der Waals surface area contributed by atoms with E-state index in [1.165, 1.54) is 7.11 Å². The van der Waals surface area contributed by atoms with Crippen molar-refractivity contribution in [1.82, 2.24) is 4.98 Å². The molecule has 1 aliphatic heterocycles. The number of carbonyl (C=O) groups is 1. The Morgan fingerprint density at radius 2 is 1.91 bits per heavy atom. The number of hydrogen-bond donors (Lipinski definition) is 1. The highest BCUT2D eigenvalue weighted by Crippen LogP contribution is 2.34. The van der Waals surface area contributed by atoms with Gasteiger partial charge < -0.3 is 19.6 Å². The number of amides is 1. The summed E-state index contributed by atoms with van der Waals surface area (Å²) in [5.41, 5.74) is 2.01. The van der Waals surface area contributed by atoms with E-state index in [0.29, 0.717) is 28.9 Å². The molecule has 0 saturated carbocycles. The Hall–Kier alpha value is -4.06. The van der Waals surface area contributed by atoms with E-state index >= 15 is 0 Å². The van der Waals surface area contributed by atoms with E-state index in [-0.39, 0.29) is 12.7 Å². The molecule has 8 heteroatoms. The average Bonchev–Trinajstić information content (AvgIpc) is 3.38. The van der Waals surface area contributed by atoms with Gasteiger partial charge in [-0.25, -0.2) is 0 Å². The Morgan fingerprint density at radius 3 is 2.58 bits per heavy atom. The summed E-state index contributed by atoms with van der Waals surface area (Å²) < 4.78 is 10.9. The van der Waals surface area contributed by atoms with Gasteiger partial charge in [-0.2, -0.15) is 5.26 Å². The minimum absolute atomic E-state index is 0.0563. The minimum atomic E-state index is -1.35. The standard InChI is InChI=1S/C25H22N4O4/c1-31-17-32-25(16-26,19-7-3-2-4-8-19)20-9-11-21(12-10-20)28-24(30)23-14-22(29-33-23)18-6-5-13-27-15-18/h2-13,15,23H,14,17H2,1H3,(H,28,30). The lowest BCUT2D eigenvalue weighted by atomic mass is 9.87. The van der Waals surface area contributed by atoms with Gasteiger partial charge in [-0.15, -0.1) is 0 Å². The Kier molecular flexibility index (Phi) is 6.74. The summed E-state index contributed by atoms with van der Waals surface area (Å²) in [6, 6.07) is 22.1. The van der Waals surface area contributed by atoms with Crippen LogP contribution in [0.5, 0.6) is 0 Å². The van der Waals surface area contributed by atoms with Gasteiger partial charge in [0.25, 0.3) is 5.91 Å². The number of benzene rings is 2. The molecule has 2 heterocycles. The second-order valence-electron chi connectivity index (χ2n) is 7.35. The van der Waals surface area contributed by atoms with Gasteiger partial charge in [-0.3, -0.25) is 9.78 Å². The lowest BCUT2D eigenvalue weighted by molar-refractivity contribution is -0.125. The van der Waals surface area contributed by atoms with Crippen molar-refractivity contribution in [3.05, 3.63) is 95.8 Å². The van der Waals surface area contributed by atoms with Gasteiger partial charge in [-0.1, -0.05) is 47.6 Å². The van der Waals surface area contributed by atoms with Crippen molar-refractivity contribution in [3.63, 3.8) is 0 Å². The fourth-order valence-corrected chi connectivity index (χ4v) is 3.55. The van der Waals surface area contributed by atoms with Crippen LogP contribution < -0.4 is 5.32 Å². The van der Waals surface area contributed by atoms with E-state index in [1.54, 1.807) is 42.7 Å². The first-order chi connectivity index (χ1) is 16.2. The van der Waals surface area contributed by atoms with E-state index in [9.17, 15) is 10.1 Å². The van der Waals surface area contributed by atoms with Gasteiger partial charge in [0.2, 0.25) is 11.7 Å². The molecular weight excluding hydrogens is 420 g/mol. The molecule has 0 spiro atoms. The lowest BCUT2D eigenvalue weighted by Gasteiger charge is -2.27. The van der Waals surface area contributed by atoms with Crippen LogP contribution in [0, 0.1) is 11.3 Å². The molecule has 1 amide bonds. The van der Waals surface area contributed by atoms with Crippen LogP contribution in [0.3, 0.4) is 0 Å². The van der Waals surface area contributed by atoms with E-state index < -0.39 is 11.7 Å². The summed E-state index contributed by atoms with van der Waals surface area (Å²) in [5.74, 6) is -0.310. The fourth-order valence-electron chi connectivity index (χ4n) is 3.55. The highest BCUT2D eigenvalue weighted by atomic mass is 16.7. The molecule has 33 heavy (non-hydrogen) atoms. The minimum Gasteiger partial charge on any atom is -0.382 e. The summed E-state index contributed by atoms with van der Waals surface area (Å²) in [6.45, 7) is -0.0563. The van der Waals surface area contributed by atoms with Gasteiger partial charge in [0.05, 0.1) is 5.71 Å². The summed E-state index contributed by atoms with van der Waals surface area (Å²) in [4.78, 5) is 22.1. The number of methoxy groups -OCH3 is 1. The topological polar surface area (TPSA) is 106 Å². The summed E-state index contributed by atoms with van der Waals surface area (Å²) in [6.07, 6.45) is 2.98. The van der Waals surface area contributed by atoms with Crippen LogP contribution in [0.15, 0.2) is 84.3 Å². The molecule has 2 atom stereocenters. The quantitative estimate of drug-likeness (QED) is 0.535. The number of nitrogens with one attached hydrogen (secondary N) is 1. The Morgan fingerprint density at radius 1 is 1.15 bits per heavy atom. The third kappa shape index (κ3) is 4.75. The van der Waals surface area contributed by atoms with Crippen LogP contribution in [0.2, 0.25) is 0 Å². The van der Waals surface area contributed by atoms with E-state index in [0.717, 1.165) is 5.56 Å². The lowest BCUT2D eigenvalue weighted by Crippen LogP contribution is -2.31. The molecule has 8 nitrogen and oxygen atoms in total. The highest BCUT2D eigenvalue weighted by molar-refractivity contribution is 6.05. The Labute approximate surface area is 191 Å². The number of pyridine rings is 1. The number of hydrogen-bond acceptors (Lipinski definition) is 7. The van der Waals surface area contributed by atoms with Gasteiger partial charge in [0, 0.05) is 48.3 Å². The molecule has 2 aromatic carbocycles. The maximum absolute atomic E-state index is 12.7. The molecule has 1 aromatic heterocycles. The van der Waals surface area contributed by atoms with E-state index in [1.807, 2.05) is 36.4 Å². The van der Waals surface area contributed by atoms with Gasteiger partial charge in [0.1, 0.15) is 12.9 Å². The predicted molar refractivity (Wildman–Crippen MR) is 121 cm³/mol. The zero-order valence-corrected chi connectivity index (χ0v) is 18.0. The molecule has 0 aliphatic carbocycles. The summed E-state index contributed by atoms with van der Waals surface area (Å²) in [5, 5.41) is 16.9. The van der Waals surface area contributed by atoms with Gasteiger partial charge in [0.15, 0.2) is 0 Å². The molecule has 166 valence electrons. The monoisotopic (exact) mass is 442 g/mol. The maximum atomic E-state index is 12.7. The van der Waals surface area contributed by atoms with Crippen molar-refractivity contribution in [1.29, 1.82) is 5.26 Å². The number of aromatic nitrogens is 1. The zero-order valence-electron chi connectivity index (χ0n) is 18.0. The molecule has 2 unspecified atom stereocenters. The molecule has 0 saturated heterocycles. The van der Waals surface area contributed by atoms with E-state index in [4.69, 9.17) is 14.3 Å². The van der Waals surface area contributed by atoms with Crippen molar-refractivity contribution in [3.8, 4) is 6.07 Å². The first kappa shape index (κ1) is 22.1. The largest absolute Gasteiger partial charge is 0.382 e. The summed E-state index contributed by atoms with van der Waals surface area (Å²) >= 11 is 0. The number of carbonyl (C=O) groups excluding carboxylic acids is 1. The van der Waals surface area contributed by atoms with Crippen LogP contribution in [-0.4, -0.2) is 36.6 Å². The van der Waals surface area contributed by atoms with E-state index in [2.05, 4.69) is 21.5 Å². The number of nitriles is 1. The molecule has 0 fully saturated rings. The van der Waals surface area contributed by atoms with Crippen LogP contribution in [0.25, 0.3) is 0 Å². The van der Waals surface area contributed by atoms with Gasteiger partial charge in [-0.05, 0) is 24.3 Å². The molecular formula is C25H22N4O4. The predicted octanol–water partition coefficient (Wildman–Crippen LogP) is 3.60. The van der Waals surface area contributed by atoms with Crippen molar-refractivity contribution >= 4 is 17.3 Å². The van der Waals surface area contributed by atoms with Crippen molar-refractivity contribution in [2.45, 2.75) is 18.1 Å². The maximum Gasteiger partial charge on any atom is 0.268 e. The van der Waals surface area contributed by atoms with Crippen LogP contribution in [0.1, 0.15) is 23.1 Å². The number of nitrogens with zero attached hydrogens (tertiary/aromatic N) is 3. The highest BCUT2D eigenvalue weighted by Gasteiger charge is 2.36. The molecule has 0 bridgehead atoms. The number of oxime groups is 1. The Balaban J connectivity index is 1.47. The Bertz CT molecular complexity index is 1160. The van der Waals surface area contributed by atoms with Crippen molar-refractivity contribution in [2.24, 2.45) is 5.16 Å². The molecule has 3 aromatic rings. The average molecular weight is 442 g/mol. The fraction of sp³-hybridized carbons (Fsp3) is 0.200. The second-order valence-corrected chi connectivity index (χ2v) is 7.35. The first-order valence-corrected chi connectivity index (χ1v) is 10.3. The molecule has 1 aliphatic rings. The van der Waals surface area contributed by atoms with Crippen LogP contribution in [0.4, 0.5) is 5.69 Å². The smallest absolute Gasteiger partial charge is 0.268 e. The van der Waals surface area contributed by atoms with Crippen molar-refractivity contribution in [2.75, 3.05) is 19.2 Å². The molecule has 0 radical (unpaired) electrons. The third-order valence-electron chi connectivity index (χ3n) is 5.25. The first-order valence-electron chi connectivity index (χ1n) is 10.3. The van der Waals surface area contributed by atoms with Gasteiger partial charge >= 0.3 is 0 Å². The zero-order chi connectivity index (χ0) is 23.1. The van der Waals surface area contributed by atoms with Crippen LogP contribution in [-0.2, 0) is 24.7 Å². The number of rotatable bonds is 8. The number of ether oxygens (including phenoxy) is 2. The number of anilines is 1. The molecule has 1 N–H and O–H groups in total. The normalized spacial score (nSPS) is 16.7. The molecule has 4 rings (SSSR count). The third-order valence-corrected chi connectivity index (χ3v) is 5.25. The second kappa shape index (κ2) is 10.0. The van der Waals surface area contributed by atoms with Crippen LogP contribution >= 0.6 is 0 Å².